The lowest BCUT2D eigenvalue weighted by molar-refractivity contribution is 0.886. The number of aryl methyl sites for hydroxylation is 2. The summed E-state index contributed by atoms with van der Waals surface area (Å²) in [5, 5.41) is 2.23. The highest BCUT2D eigenvalue weighted by atomic mass is 35.5. The fourth-order valence-electron chi connectivity index (χ4n) is 3.22. The van der Waals surface area contributed by atoms with Gasteiger partial charge in [0.25, 0.3) is 5.56 Å². The number of fused-ring (bicyclic) bond motifs is 1. The standard InChI is InChI=1S/C21H14Cl2N2OS.C4H6N2/c1-25-20(26)11-18(13-3-2-4-15(23)9-13)19-10-17(12-24-21(19)25)27-16-7-5-14(22)6-8-16;1-6-3-2-5-4-6/h2-12H,1H3;2-4H,1H3. The van der Waals surface area contributed by atoms with Crippen molar-refractivity contribution in [3.8, 4) is 11.1 Å². The van der Waals surface area contributed by atoms with Crippen LogP contribution in [0.15, 0.2) is 100 Å². The molecule has 0 spiro atoms. The van der Waals surface area contributed by atoms with Crippen LogP contribution in [0, 0.1) is 0 Å². The molecule has 5 nitrogen and oxygen atoms in total. The minimum atomic E-state index is -0.108. The highest BCUT2D eigenvalue weighted by Crippen LogP contribution is 2.33. The molecule has 3 aromatic heterocycles. The van der Waals surface area contributed by atoms with Crippen molar-refractivity contribution >= 4 is 46.0 Å². The van der Waals surface area contributed by atoms with Gasteiger partial charge in [-0.1, -0.05) is 47.1 Å². The summed E-state index contributed by atoms with van der Waals surface area (Å²) in [6.45, 7) is 0. The molecule has 2 aromatic carbocycles. The molecular formula is C25H20Cl2N4OS. The van der Waals surface area contributed by atoms with E-state index in [1.54, 1.807) is 48.2 Å². The van der Waals surface area contributed by atoms with Crippen molar-refractivity contribution in [2.75, 3.05) is 0 Å². The third-order valence-corrected chi connectivity index (χ3v) is 6.32. The smallest absolute Gasteiger partial charge is 0.252 e. The predicted molar refractivity (Wildman–Crippen MR) is 136 cm³/mol. The highest BCUT2D eigenvalue weighted by Gasteiger charge is 2.12. The fourth-order valence-corrected chi connectivity index (χ4v) is 4.36. The third kappa shape index (κ3) is 5.66. The van der Waals surface area contributed by atoms with Gasteiger partial charge in [-0.05, 0) is 53.6 Å². The first kappa shape index (κ1) is 23.1. The zero-order valence-electron chi connectivity index (χ0n) is 17.9. The normalized spacial score (nSPS) is 10.7. The molecule has 0 aliphatic carbocycles. The van der Waals surface area contributed by atoms with Gasteiger partial charge in [-0.15, -0.1) is 0 Å². The fraction of sp³-hybridized carbons (Fsp3) is 0.0800. The van der Waals surface area contributed by atoms with Crippen molar-refractivity contribution in [3.63, 3.8) is 0 Å². The molecule has 0 atom stereocenters. The largest absolute Gasteiger partial charge is 0.341 e. The van der Waals surface area contributed by atoms with Crippen LogP contribution in [0.25, 0.3) is 22.2 Å². The summed E-state index contributed by atoms with van der Waals surface area (Å²) in [5.74, 6) is 0. The van der Waals surface area contributed by atoms with Crippen molar-refractivity contribution in [2.24, 2.45) is 14.1 Å². The van der Waals surface area contributed by atoms with Crippen LogP contribution in [0.5, 0.6) is 0 Å². The van der Waals surface area contributed by atoms with Crippen molar-refractivity contribution in [1.82, 2.24) is 19.1 Å². The van der Waals surface area contributed by atoms with Crippen LogP contribution in [0.4, 0.5) is 0 Å². The minimum absolute atomic E-state index is 0.108. The molecule has 0 aliphatic rings. The Labute approximate surface area is 205 Å². The van der Waals surface area contributed by atoms with E-state index in [2.05, 4.69) is 16.0 Å². The molecule has 8 heteroatoms. The summed E-state index contributed by atoms with van der Waals surface area (Å²) < 4.78 is 3.44. The van der Waals surface area contributed by atoms with E-state index in [1.165, 1.54) is 0 Å². The Balaban J connectivity index is 0.000000376. The maximum absolute atomic E-state index is 12.4. The van der Waals surface area contributed by atoms with Gasteiger partial charge in [-0.25, -0.2) is 9.97 Å². The van der Waals surface area contributed by atoms with Gasteiger partial charge in [-0.2, -0.15) is 0 Å². The van der Waals surface area contributed by atoms with Crippen LogP contribution < -0.4 is 5.56 Å². The molecule has 0 bridgehead atoms. The van der Waals surface area contributed by atoms with E-state index in [4.69, 9.17) is 23.2 Å². The first-order valence-electron chi connectivity index (χ1n) is 10.0. The van der Waals surface area contributed by atoms with Crippen LogP contribution in [-0.4, -0.2) is 19.1 Å². The lowest BCUT2D eigenvalue weighted by Crippen LogP contribution is -2.17. The van der Waals surface area contributed by atoms with Crippen molar-refractivity contribution < 1.29 is 0 Å². The van der Waals surface area contributed by atoms with Gasteiger partial charge < -0.3 is 4.57 Å². The number of nitrogens with zero attached hydrogens (tertiary/aromatic N) is 4. The number of pyridine rings is 2. The zero-order valence-corrected chi connectivity index (χ0v) is 20.3. The Hall–Kier alpha value is -3.06. The Morgan fingerprint density at radius 2 is 1.70 bits per heavy atom. The zero-order chi connectivity index (χ0) is 23.4. The maximum atomic E-state index is 12.4. The maximum Gasteiger partial charge on any atom is 0.252 e. The van der Waals surface area contributed by atoms with Gasteiger partial charge in [-0.3, -0.25) is 9.36 Å². The lowest BCUT2D eigenvalue weighted by atomic mass is 10.0. The van der Waals surface area contributed by atoms with Gasteiger partial charge in [0.1, 0.15) is 5.65 Å². The summed E-state index contributed by atoms with van der Waals surface area (Å²) in [4.78, 5) is 22.8. The van der Waals surface area contributed by atoms with Gasteiger partial charge in [0.15, 0.2) is 0 Å². The van der Waals surface area contributed by atoms with E-state index in [0.717, 1.165) is 26.3 Å². The molecule has 5 aromatic rings. The Kier molecular flexibility index (Phi) is 7.18. The number of rotatable bonds is 3. The van der Waals surface area contributed by atoms with Crippen LogP contribution in [-0.2, 0) is 14.1 Å². The quantitative estimate of drug-likeness (QED) is 0.288. The van der Waals surface area contributed by atoms with Crippen LogP contribution >= 0.6 is 35.0 Å². The summed E-state index contributed by atoms with van der Waals surface area (Å²) in [6.07, 6.45) is 7.17. The molecule has 166 valence electrons. The van der Waals surface area contributed by atoms with E-state index in [9.17, 15) is 4.79 Å². The van der Waals surface area contributed by atoms with Gasteiger partial charge >= 0.3 is 0 Å². The minimum Gasteiger partial charge on any atom is -0.341 e. The van der Waals surface area contributed by atoms with Gasteiger partial charge in [0, 0.05) is 64.0 Å². The number of imidazole rings is 1. The van der Waals surface area contributed by atoms with Crippen molar-refractivity contribution in [3.05, 3.63) is 106 Å². The molecule has 0 saturated carbocycles. The molecule has 0 amide bonds. The molecule has 3 heterocycles. The lowest BCUT2D eigenvalue weighted by Gasteiger charge is -2.11. The number of aromatic nitrogens is 4. The molecule has 0 aliphatic heterocycles. The number of hydrogen-bond acceptors (Lipinski definition) is 4. The van der Waals surface area contributed by atoms with E-state index >= 15 is 0 Å². The van der Waals surface area contributed by atoms with E-state index in [-0.39, 0.29) is 5.56 Å². The molecule has 0 fully saturated rings. The highest BCUT2D eigenvalue weighted by molar-refractivity contribution is 7.99. The van der Waals surface area contributed by atoms with Crippen molar-refractivity contribution in [2.45, 2.75) is 9.79 Å². The van der Waals surface area contributed by atoms with Crippen LogP contribution in [0.1, 0.15) is 0 Å². The topological polar surface area (TPSA) is 52.7 Å². The average Bonchev–Trinajstić information content (AvgIpc) is 3.29. The molecule has 0 unspecified atom stereocenters. The van der Waals surface area contributed by atoms with Crippen molar-refractivity contribution in [1.29, 1.82) is 0 Å². The second kappa shape index (κ2) is 10.3. The molecule has 33 heavy (non-hydrogen) atoms. The second-order valence-electron chi connectivity index (χ2n) is 7.29. The predicted octanol–water partition coefficient (Wildman–Crippen LogP) is 6.48. The molecule has 0 saturated heterocycles. The molecule has 0 N–H and O–H groups in total. The van der Waals surface area contributed by atoms with E-state index in [0.29, 0.717) is 15.7 Å². The van der Waals surface area contributed by atoms with Crippen LogP contribution in [0.2, 0.25) is 10.0 Å². The Bertz CT molecular complexity index is 1450. The Morgan fingerprint density at radius 1 is 0.909 bits per heavy atom. The van der Waals surface area contributed by atoms with Gasteiger partial charge in [0.05, 0.1) is 6.33 Å². The number of benzene rings is 2. The monoisotopic (exact) mass is 494 g/mol. The SMILES string of the molecule is Cn1c(=O)cc(-c2cccc(Cl)c2)c2cc(Sc3ccc(Cl)cc3)cnc21.Cn1ccnc1. The number of hydrogen-bond donors (Lipinski definition) is 0. The first-order chi connectivity index (χ1) is 15.9. The third-order valence-electron chi connectivity index (χ3n) is 4.87. The van der Waals surface area contributed by atoms with E-state index in [1.807, 2.05) is 66.3 Å². The second-order valence-corrected chi connectivity index (χ2v) is 9.31. The van der Waals surface area contributed by atoms with Crippen LogP contribution in [0.3, 0.4) is 0 Å². The van der Waals surface area contributed by atoms with E-state index < -0.39 is 0 Å². The Morgan fingerprint density at radius 3 is 2.33 bits per heavy atom. The molecule has 0 radical (unpaired) electrons. The van der Waals surface area contributed by atoms with Gasteiger partial charge in [0.2, 0.25) is 0 Å². The first-order valence-corrected chi connectivity index (χ1v) is 11.6. The average molecular weight is 495 g/mol. The summed E-state index contributed by atoms with van der Waals surface area (Å²) in [5.41, 5.74) is 2.24. The molecule has 5 rings (SSSR count). The number of halogens is 2. The molecular weight excluding hydrogens is 475 g/mol. The summed E-state index contributed by atoms with van der Waals surface area (Å²) in [6, 6.07) is 18.8. The summed E-state index contributed by atoms with van der Waals surface area (Å²) in [7, 11) is 3.67. The summed E-state index contributed by atoms with van der Waals surface area (Å²) >= 11 is 13.7.